The fourth-order valence-corrected chi connectivity index (χ4v) is 4.14. The highest BCUT2D eigenvalue weighted by Crippen LogP contribution is 2.45. The number of hydrogen-bond acceptors (Lipinski definition) is 3. The minimum atomic E-state index is 0.134. The molecule has 1 aliphatic heterocycles. The Labute approximate surface area is 124 Å². The molecule has 106 valence electrons. The maximum atomic E-state index is 5.63. The van der Waals surface area contributed by atoms with E-state index >= 15 is 0 Å². The number of thiophene rings is 1. The molecule has 0 saturated carbocycles. The first kappa shape index (κ1) is 13.8. The van der Waals surface area contributed by atoms with Crippen molar-refractivity contribution in [1.82, 2.24) is 5.32 Å². The first-order chi connectivity index (χ1) is 9.87. The van der Waals surface area contributed by atoms with Crippen LogP contribution in [0.2, 0.25) is 0 Å². The van der Waals surface area contributed by atoms with Gasteiger partial charge in [-0.2, -0.15) is 11.3 Å². The summed E-state index contributed by atoms with van der Waals surface area (Å²) in [5.74, 6) is 0. The topological polar surface area (TPSA) is 21.3 Å². The van der Waals surface area contributed by atoms with Gasteiger partial charge in [0, 0.05) is 24.7 Å². The monoisotopic (exact) mass is 287 g/mol. The minimum absolute atomic E-state index is 0.134. The lowest BCUT2D eigenvalue weighted by molar-refractivity contribution is 0.0352. The molecule has 1 aromatic heterocycles. The van der Waals surface area contributed by atoms with Gasteiger partial charge >= 0.3 is 0 Å². The van der Waals surface area contributed by atoms with E-state index in [1.165, 1.54) is 11.1 Å². The molecule has 1 N–H and O–H groups in total. The van der Waals surface area contributed by atoms with Crippen LogP contribution >= 0.6 is 11.3 Å². The minimum Gasteiger partial charge on any atom is -0.381 e. The summed E-state index contributed by atoms with van der Waals surface area (Å²) in [6.45, 7) is 1.69. The standard InChI is InChI=1S/C17H21NOS/c1-18-16(14-7-12-20-13-14)17(8-10-19-11-9-17)15-5-3-2-4-6-15/h2-7,12-13,16,18H,8-11H2,1H3. The van der Waals surface area contributed by atoms with Gasteiger partial charge in [-0.05, 0) is 47.8 Å². The highest BCUT2D eigenvalue weighted by atomic mass is 32.1. The second-order valence-electron chi connectivity index (χ2n) is 5.41. The van der Waals surface area contributed by atoms with Crippen molar-refractivity contribution in [1.29, 1.82) is 0 Å². The quantitative estimate of drug-likeness (QED) is 0.924. The van der Waals surface area contributed by atoms with Gasteiger partial charge in [-0.15, -0.1) is 0 Å². The molecule has 1 fully saturated rings. The molecule has 3 rings (SSSR count). The fourth-order valence-electron chi connectivity index (χ4n) is 3.45. The normalized spacial score (nSPS) is 19.6. The summed E-state index contributed by atoms with van der Waals surface area (Å²) in [6, 6.07) is 13.5. The molecule has 2 aromatic rings. The van der Waals surface area contributed by atoms with Crippen LogP contribution in [0.5, 0.6) is 0 Å². The summed E-state index contributed by atoms with van der Waals surface area (Å²) < 4.78 is 5.63. The van der Waals surface area contributed by atoms with Gasteiger partial charge in [-0.3, -0.25) is 0 Å². The van der Waals surface area contributed by atoms with E-state index in [9.17, 15) is 0 Å². The molecule has 1 saturated heterocycles. The number of ether oxygens (including phenoxy) is 1. The molecule has 0 spiro atoms. The Morgan fingerprint density at radius 3 is 2.50 bits per heavy atom. The predicted octanol–water partition coefficient (Wildman–Crippen LogP) is 3.76. The smallest absolute Gasteiger partial charge is 0.0475 e. The van der Waals surface area contributed by atoms with E-state index in [4.69, 9.17) is 4.74 Å². The Morgan fingerprint density at radius 2 is 1.90 bits per heavy atom. The van der Waals surface area contributed by atoms with Crippen LogP contribution in [0, 0.1) is 0 Å². The molecular formula is C17H21NOS. The summed E-state index contributed by atoms with van der Waals surface area (Å²) >= 11 is 1.77. The molecule has 3 heteroatoms. The summed E-state index contributed by atoms with van der Waals surface area (Å²) in [5.41, 5.74) is 2.95. The van der Waals surface area contributed by atoms with E-state index in [-0.39, 0.29) is 5.41 Å². The van der Waals surface area contributed by atoms with Crippen LogP contribution in [0.1, 0.15) is 30.0 Å². The zero-order chi connectivity index (χ0) is 13.8. The molecule has 0 aliphatic carbocycles. The molecule has 0 bridgehead atoms. The third kappa shape index (κ3) is 2.41. The molecule has 1 aliphatic rings. The number of rotatable bonds is 4. The summed E-state index contributed by atoms with van der Waals surface area (Å²) in [7, 11) is 2.07. The Morgan fingerprint density at radius 1 is 1.15 bits per heavy atom. The van der Waals surface area contributed by atoms with Crippen molar-refractivity contribution in [3.05, 3.63) is 58.3 Å². The Hall–Kier alpha value is -1.16. The number of likely N-dealkylation sites (N-methyl/N-ethyl adjacent to an activating group) is 1. The highest BCUT2D eigenvalue weighted by Gasteiger charge is 2.41. The van der Waals surface area contributed by atoms with E-state index in [1.807, 2.05) is 0 Å². The first-order valence-electron chi connectivity index (χ1n) is 7.19. The van der Waals surface area contributed by atoms with Gasteiger partial charge in [-0.1, -0.05) is 30.3 Å². The maximum absolute atomic E-state index is 5.63. The third-order valence-electron chi connectivity index (χ3n) is 4.45. The van der Waals surface area contributed by atoms with Crippen molar-refractivity contribution in [3.8, 4) is 0 Å². The van der Waals surface area contributed by atoms with E-state index in [2.05, 4.69) is 59.5 Å². The van der Waals surface area contributed by atoms with Crippen LogP contribution in [-0.4, -0.2) is 20.3 Å². The Balaban J connectivity index is 2.05. The summed E-state index contributed by atoms with van der Waals surface area (Å²) in [4.78, 5) is 0. The van der Waals surface area contributed by atoms with Gasteiger partial charge < -0.3 is 10.1 Å². The van der Waals surface area contributed by atoms with Crippen LogP contribution < -0.4 is 5.32 Å². The summed E-state index contributed by atoms with van der Waals surface area (Å²) in [6.07, 6.45) is 2.14. The molecule has 0 amide bonds. The van der Waals surface area contributed by atoms with Gasteiger partial charge in [0.25, 0.3) is 0 Å². The largest absolute Gasteiger partial charge is 0.381 e. The van der Waals surface area contributed by atoms with Gasteiger partial charge in [0.15, 0.2) is 0 Å². The van der Waals surface area contributed by atoms with Crippen molar-refractivity contribution >= 4 is 11.3 Å². The highest BCUT2D eigenvalue weighted by molar-refractivity contribution is 7.08. The summed E-state index contributed by atoms with van der Waals surface area (Å²) in [5, 5.41) is 7.99. The fraction of sp³-hybridized carbons (Fsp3) is 0.412. The first-order valence-corrected chi connectivity index (χ1v) is 8.14. The van der Waals surface area contributed by atoms with E-state index < -0.39 is 0 Å². The lowest BCUT2D eigenvalue weighted by Crippen LogP contribution is -2.44. The van der Waals surface area contributed by atoms with E-state index in [1.54, 1.807) is 11.3 Å². The van der Waals surface area contributed by atoms with Crippen molar-refractivity contribution in [2.75, 3.05) is 20.3 Å². The third-order valence-corrected chi connectivity index (χ3v) is 5.15. The van der Waals surface area contributed by atoms with Crippen molar-refractivity contribution < 1.29 is 4.74 Å². The number of hydrogen-bond donors (Lipinski definition) is 1. The molecule has 1 aromatic carbocycles. The molecular weight excluding hydrogens is 266 g/mol. The van der Waals surface area contributed by atoms with Gasteiger partial charge in [0.2, 0.25) is 0 Å². The van der Waals surface area contributed by atoms with Crippen LogP contribution in [-0.2, 0) is 10.2 Å². The zero-order valence-electron chi connectivity index (χ0n) is 11.8. The number of benzene rings is 1. The molecule has 0 radical (unpaired) electrons. The van der Waals surface area contributed by atoms with E-state index in [0.29, 0.717) is 6.04 Å². The Kier molecular flexibility index (Phi) is 4.20. The number of nitrogens with one attached hydrogen (secondary N) is 1. The second-order valence-corrected chi connectivity index (χ2v) is 6.19. The van der Waals surface area contributed by atoms with Crippen LogP contribution in [0.15, 0.2) is 47.2 Å². The average molecular weight is 287 g/mol. The van der Waals surface area contributed by atoms with Gasteiger partial charge in [0.05, 0.1) is 0 Å². The van der Waals surface area contributed by atoms with E-state index in [0.717, 1.165) is 26.1 Å². The van der Waals surface area contributed by atoms with Gasteiger partial charge in [0.1, 0.15) is 0 Å². The SMILES string of the molecule is CNC(c1ccsc1)C1(c2ccccc2)CCOCC1. The molecule has 2 heterocycles. The van der Waals surface area contributed by atoms with Crippen molar-refractivity contribution in [2.24, 2.45) is 0 Å². The zero-order valence-corrected chi connectivity index (χ0v) is 12.7. The van der Waals surface area contributed by atoms with Crippen molar-refractivity contribution in [3.63, 3.8) is 0 Å². The van der Waals surface area contributed by atoms with Crippen LogP contribution in [0.3, 0.4) is 0 Å². The Bertz CT molecular complexity index is 517. The molecule has 2 nitrogen and oxygen atoms in total. The second kappa shape index (κ2) is 6.08. The van der Waals surface area contributed by atoms with Crippen molar-refractivity contribution in [2.45, 2.75) is 24.3 Å². The van der Waals surface area contributed by atoms with Gasteiger partial charge in [-0.25, -0.2) is 0 Å². The predicted molar refractivity (Wildman–Crippen MR) is 84.3 cm³/mol. The van der Waals surface area contributed by atoms with Crippen LogP contribution in [0.4, 0.5) is 0 Å². The lowest BCUT2D eigenvalue weighted by atomic mass is 9.67. The molecule has 1 atom stereocenters. The van der Waals surface area contributed by atoms with Crippen LogP contribution in [0.25, 0.3) is 0 Å². The average Bonchev–Trinajstić information content (AvgIpc) is 3.04. The molecule has 20 heavy (non-hydrogen) atoms. The maximum Gasteiger partial charge on any atom is 0.0475 e. The molecule has 1 unspecified atom stereocenters. The lowest BCUT2D eigenvalue weighted by Gasteiger charge is -2.44.